The van der Waals surface area contributed by atoms with Crippen LogP contribution in [0.25, 0.3) is 0 Å². The van der Waals surface area contributed by atoms with Gasteiger partial charge in [0.05, 0.1) is 3.57 Å². The fourth-order valence-corrected chi connectivity index (χ4v) is 1.06. The molecule has 11 heavy (non-hydrogen) atoms. The lowest BCUT2D eigenvalue weighted by atomic mass is 10.6. The molecule has 0 saturated carbocycles. The third-order valence-corrected chi connectivity index (χ3v) is 1.87. The Bertz CT molecular complexity index is 264. The van der Waals surface area contributed by atoms with E-state index in [1.165, 1.54) is 4.68 Å². The first-order chi connectivity index (χ1) is 5.09. The van der Waals surface area contributed by atoms with Crippen molar-refractivity contribution in [1.82, 2.24) is 9.78 Å². The molecule has 0 aliphatic rings. The summed E-state index contributed by atoms with van der Waals surface area (Å²) >= 11 is 1.99. The third-order valence-electron chi connectivity index (χ3n) is 1.04. The third kappa shape index (κ3) is 2.07. The summed E-state index contributed by atoms with van der Waals surface area (Å²) in [5.41, 5.74) is 5.38. The second-order valence-electron chi connectivity index (χ2n) is 1.95. The van der Waals surface area contributed by atoms with Crippen LogP contribution in [0.2, 0.25) is 0 Å². The number of carboxylic acids is 1. The molecule has 3 N–H and O–H groups in total. The molecular weight excluding hydrogens is 261 g/mol. The standard InChI is InChI=1S/C5H6IN3O2/c6-3-1-9(2-4(10)11)8-5(3)7/h1H,2H2,(H2,7,8)(H,10,11). The van der Waals surface area contributed by atoms with Crippen LogP contribution in [-0.4, -0.2) is 20.9 Å². The molecular formula is C5H6IN3O2. The molecule has 0 aliphatic heterocycles. The van der Waals surface area contributed by atoms with E-state index in [2.05, 4.69) is 5.10 Å². The minimum absolute atomic E-state index is 0.146. The molecule has 0 spiro atoms. The van der Waals surface area contributed by atoms with Crippen molar-refractivity contribution >= 4 is 34.4 Å². The van der Waals surface area contributed by atoms with E-state index >= 15 is 0 Å². The van der Waals surface area contributed by atoms with Gasteiger partial charge in [0.15, 0.2) is 5.82 Å². The number of carbonyl (C=O) groups is 1. The van der Waals surface area contributed by atoms with E-state index in [9.17, 15) is 4.79 Å². The summed E-state index contributed by atoms with van der Waals surface area (Å²) in [6.45, 7) is -0.146. The van der Waals surface area contributed by atoms with Crippen molar-refractivity contribution in [2.24, 2.45) is 0 Å². The Kier molecular flexibility index (Phi) is 2.32. The van der Waals surface area contributed by atoms with Gasteiger partial charge in [-0.3, -0.25) is 9.48 Å². The number of nitrogen functional groups attached to an aromatic ring is 1. The van der Waals surface area contributed by atoms with E-state index in [4.69, 9.17) is 10.8 Å². The average molecular weight is 267 g/mol. The molecule has 6 heteroatoms. The highest BCUT2D eigenvalue weighted by Gasteiger charge is 2.04. The van der Waals surface area contributed by atoms with Gasteiger partial charge in [-0.1, -0.05) is 0 Å². The Labute approximate surface area is 76.3 Å². The van der Waals surface area contributed by atoms with Crippen molar-refractivity contribution in [1.29, 1.82) is 0 Å². The molecule has 1 aromatic heterocycles. The van der Waals surface area contributed by atoms with Crippen LogP contribution in [0, 0.1) is 3.57 Å². The van der Waals surface area contributed by atoms with E-state index < -0.39 is 5.97 Å². The van der Waals surface area contributed by atoms with E-state index in [0.717, 1.165) is 3.57 Å². The van der Waals surface area contributed by atoms with Crippen LogP contribution in [0.1, 0.15) is 0 Å². The zero-order valence-electron chi connectivity index (χ0n) is 5.49. The number of rotatable bonds is 2. The normalized spacial score (nSPS) is 9.91. The first-order valence-corrected chi connectivity index (χ1v) is 3.87. The molecule has 0 bridgehead atoms. The predicted molar refractivity (Wildman–Crippen MR) is 47.0 cm³/mol. The lowest BCUT2D eigenvalue weighted by Crippen LogP contribution is -2.09. The molecule has 5 nitrogen and oxygen atoms in total. The molecule has 0 fully saturated rings. The van der Waals surface area contributed by atoms with Crippen LogP contribution in [0.3, 0.4) is 0 Å². The monoisotopic (exact) mass is 267 g/mol. The maximum absolute atomic E-state index is 10.2. The van der Waals surface area contributed by atoms with Crippen molar-refractivity contribution in [2.45, 2.75) is 6.54 Å². The van der Waals surface area contributed by atoms with Gasteiger partial charge in [-0.15, -0.1) is 0 Å². The fraction of sp³-hybridized carbons (Fsp3) is 0.200. The number of nitrogens with two attached hydrogens (primary N) is 1. The molecule has 1 rings (SSSR count). The van der Waals surface area contributed by atoms with Crippen LogP contribution >= 0.6 is 22.6 Å². The van der Waals surface area contributed by atoms with E-state index in [-0.39, 0.29) is 6.54 Å². The van der Waals surface area contributed by atoms with Gasteiger partial charge in [0, 0.05) is 6.20 Å². The van der Waals surface area contributed by atoms with Crippen molar-refractivity contribution < 1.29 is 9.90 Å². The summed E-state index contributed by atoms with van der Waals surface area (Å²) in [6.07, 6.45) is 1.59. The van der Waals surface area contributed by atoms with E-state index in [0.29, 0.717) is 5.82 Å². The molecule has 0 amide bonds. The minimum atomic E-state index is -0.927. The van der Waals surface area contributed by atoms with Gasteiger partial charge in [-0.2, -0.15) is 5.10 Å². The molecule has 1 heterocycles. The lowest BCUT2D eigenvalue weighted by molar-refractivity contribution is -0.137. The van der Waals surface area contributed by atoms with Crippen LogP contribution in [0.15, 0.2) is 6.20 Å². The fourth-order valence-electron chi connectivity index (χ4n) is 0.632. The number of hydrogen-bond donors (Lipinski definition) is 2. The molecule has 0 atom stereocenters. The van der Waals surface area contributed by atoms with Gasteiger partial charge in [-0.05, 0) is 22.6 Å². The SMILES string of the molecule is Nc1nn(CC(=O)O)cc1I. The number of halogens is 1. The van der Waals surface area contributed by atoms with Gasteiger partial charge in [0.1, 0.15) is 6.54 Å². The Hall–Kier alpha value is -0.790. The lowest BCUT2D eigenvalue weighted by Gasteiger charge is -1.92. The van der Waals surface area contributed by atoms with Crippen LogP contribution in [0.4, 0.5) is 5.82 Å². The summed E-state index contributed by atoms with van der Waals surface area (Å²) in [6, 6.07) is 0. The Morgan fingerprint density at radius 1 is 1.91 bits per heavy atom. The van der Waals surface area contributed by atoms with Gasteiger partial charge in [0.2, 0.25) is 0 Å². The highest BCUT2D eigenvalue weighted by atomic mass is 127. The van der Waals surface area contributed by atoms with Crippen molar-refractivity contribution in [3.8, 4) is 0 Å². The molecule has 0 unspecified atom stereocenters. The van der Waals surface area contributed by atoms with Gasteiger partial charge >= 0.3 is 5.97 Å². The van der Waals surface area contributed by atoms with Crippen molar-refractivity contribution in [3.63, 3.8) is 0 Å². The molecule has 60 valence electrons. The first-order valence-electron chi connectivity index (χ1n) is 2.80. The minimum Gasteiger partial charge on any atom is -0.480 e. The largest absolute Gasteiger partial charge is 0.480 e. The summed E-state index contributed by atoms with van der Waals surface area (Å²) in [7, 11) is 0. The van der Waals surface area contributed by atoms with E-state index in [1.54, 1.807) is 6.20 Å². The number of aliphatic carboxylic acids is 1. The van der Waals surface area contributed by atoms with Gasteiger partial charge < -0.3 is 10.8 Å². The van der Waals surface area contributed by atoms with E-state index in [1.807, 2.05) is 22.6 Å². The smallest absolute Gasteiger partial charge is 0.325 e. The number of nitrogens with zero attached hydrogens (tertiary/aromatic N) is 2. The zero-order valence-corrected chi connectivity index (χ0v) is 7.65. The number of aromatic nitrogens is 2. The second-order valence-corrected chi connectivity index (χ2v) is 3.12. The van der Waals surface area contributed by atoms with Gasteiger partial charge in [-0.25, -0.2) is 0 Å². The summed E-state index contributed by atoms with van der Waals surface area (Å²) < 4.78 is 2.06. The van der Waals surface area contributed by atoms with Crippen molar-refractivity contribution in [3.05, 3.63) is 9.77 Å². The predicted octanol–water partition coefficient (Wildman–Crippen LogP) is 0.154. The Morgan fingerprint density at radius 2 is 2.55 bits per heavy atom. The highest BCUT2D eigenvalue weighted by molar-refractivity contribution is 14.1. The Balaban J connectivity index is 2.81. The van der Waals surface area contributed by atoms with Crippen LogP contribution in [0.5, 0.6) is 0 Å². The molecule has 0 radical (unpaired) electrons. The van der Waals surface area contributed by atoms with Crippen molar-refractivity contribution in [2.75, 3.05) is 5.73 Å². The number of carboxylic acid groups (broad SMARTS) is 1. The molecule has 0 aliphatic carbocycles. The molecule has 1 aromatic rings. The molecule has 0 saturated heterocycles. The zero-order chi connectivity index (χ0) is 8.43. The maximum atomic E-state index is 10.2. The quantitative estimate of drug-likeness (QED) is 0.747. The van der Waals surface area contributed by atoms with Gasteiger partial charge in [0.25, 0.3) is 0 Å². The topological polar surface area (TPSA) is 81.1 Å². The molecule has 0 aromatic carbocycles. The summed E-state index contributed by atoms with van der Waals surface area (Å²) in [5, 5.41) is 12.1. The summed E-state index contributed by atoms with van der Waals surface area (Å²) in [4.78, 5) is 10.2. The second kappa shape index (κ2) is 3.07. The number of anilines is 1. The Morgan fingerprint density at radius 3 is 2.91 bits per heavy atom. The van der Waals surface area contributed by atoms with Crippen LogP contribution < -0.4 is 5.73 Å². The summed E-state index contributed by atoms with van der Waals surface area (Å²) in [5.74, 6) is -0.559. The first kappa shape index (κ1) is 8.31. The average Bonchev–Trinajstić information content (AvgIpc) is 2.10. The van der Waals surface area contributed by atoms with Crippen LogP contribution in [-0.2, 0) is 11.3 Å². The highest BCUT2D eigenvalue weighted by Crippen LogP contribution is 2.10. The maximum Gasteiger partial charge on any atom is 0.325 e. The number of hydrogen-bond acceptors (Lipinski definition) is 3.